The highest BCUT2D eigenvalue weighted by molar-refractivity contribution is 4.83. The zero-order valence-corrected chi connectivity index (χ0v) is 11.4. The van der Waals surface area contributed by atoms with E-state index in [1.807, 2.05) is 0 Å². The lowest BCUT2D eigenvalue weighted by atomic mass is 9.78. The SMILES string of the molecule is CC(C)C(O)CCNC1C(C)CCCC1C. The van der Waals surface area contributed by atoms with Crippen LogP contribution in [0.2, 0.25) is 0 Å². The highest BCUT2D eigenvalue weighted by Crippen LogP contribution is 2.28. The molecule has 0 aliphatic heterocycles. The van der Waals surface area contributed by atoms with Gasteiger partial charge in [-0.3, -0.25) is 0 Å². The molecule has 0 saturated heterocycles. The van der Waals surface area contributed by atoms with Crippen LogP contribution in [0.15, 0.2) is 0 Å². The van der Waals surface area contributed by atoms with Gasteiger partial charge in [0.05, 0.1) is 6.10 Å². The molecule has 1 aliphatic rings. The first-order chi connectivity index (χ1) is 7.52. The zero-order valence-electron chi connectivity index (χ0n) is 11.4. The van der Waals surface area contributed by atoms with Crippen LogP contribution in [-0.4, -0.2) is 23.8 Å². The third-order valence-corrected chi connectivity index (χ3v) is 4.13. The molecule has 1 saturated carbocycles. The smallest absolute Gasteiger partial charge is 0.0575 e. The molecule has 2 N–H and O–H groups in total. The third kappa shape index (κ3) is 4.06. The first-order valence-corrected chi connectivity index (χ1v) is 6.93. The fraction of sp³-hybridized carbons (Fsp3) is 1.00. The average Bonchev–Trinajstić information content (AvgIpc) is 2.22. The molecule has 1 aliphatic carbocycles. The van der Waals surface area contributed by atoms with Gasteiger partial charge in [-0.15, -0.1) is 0 Å². The first kappa shape index (κ1) is 14.0. The van der Waals surface area contributed by atoms with E-state index >= 15 is 0 Å². The number of hydrogen-bond acceptors (Lipinski definition) is 2. The first-order valence-electron chi connectivity index (χ1n) is 6.93. The molecule has 16 heavy (non-hydrogen) atoms. The molecule has 0 aromatic rings. The normalized spacial score (nSPS) is 33.0. The van der Waals surface area contributed by atoms with Crippen LogP contribution in [0.3, 0.4) is 0 Å². The molecule has 0 amide bonds. The molecule has 3 unspecified atom stereocenters. The Morgan fingerprint density at radius 2 is 1.75 bits per heavy atom. The van der Waals surface area contributed by atoms with Crippen molar-refractivity contribution < 1.29 is 5.11 Å². The average molecular weight is 227 g/mol. The van der Waals surface area contributed by atoms with Gasteiger partial charge in [-0.2, -0.15) is 0 Å². The molecule has 0 heterocycles. The summed E-state index contributed by atoms with van der Waals surface area (Å²) in [4.78, 5) is 0. The maximum Gasteiger partial charge on any atom is 0.0575 e. The van der Waals surface area contributed by atoms with E-state index in [-0.39, 0.29) is 6.10 Å². The lowest BCUT2D eigenvalue weighted by Gasteiger charge is -2.35. The van der Waals surface area contributed by atoms with Crippen LogP contribution in [0.25, 0.3) is 0 Å². The van der Waals surface area contributed by atoms with Crippen molar-refractivity contribution in [2.45, 2.75) is 65.5 Å². The Labute approximate surface area is 101 Å². The lowest BCUT2D eigenvalue weighted by molar-refractivity contribution is 0.110. The minimum atomic E-state index is -0.151. The zero-order chi connectivity index (χ0) is 12.1. The number of hydrogen-bond donors (Lipinski definition) is 2. The molecule has 0 spiro atoms. The van der Waals surface area contributed by atoms with E-state index in [0.717, 1.165) is 24.8 Å². The van der Waals surface area contributed by atoms with E-state index in [2.05, 4.69) is 33.0 Å². The topological polar surface area (TPSA) is 32.3 Å². The number of nitrogens with one attached hydrogen (secondary N) is 1. The molecular weight excluding hydrogens is 198 g/mol. The van der Waals surface area contributed by atoms with Gasteiger partial charge in [-0.1, -0.05) is 34.1 Å². The van der Waals surface area contributed by atoms with Crippen molar-refractivity contribution in [1.82, 2.24) is 5.32 Å². The van der Waals surface area contributed by atoms with Crippen LogP contribution < -0.4 is 5.32 Å². The summed E-state index contributed by atoms with van der Waals surface area (Å²) in [6, 6.07) is 0.660. The van der Waals surface area contributed by atoms with Crippen molar-refractivity contribution in [3.8, 4) is 0 Å². The van der Waals surface area contributed by atoms with Crippen LogP contribution in [0.1, 0.15) is 53.4 Å². The Morgan fingerprint density at radius 3 is 2.25 bits per heavy atom. The summed E-state index contributed by atoms with van der Waals surface area (Å²) >= 11 is 0. The largest absolute Gasteiger partial charge is 0.393 e. The van der Waals surface area contributed by atoms with Gasteiger partial charge in [0.2, 0.25) is 0 Å². The molecule has 2 nitrogen and oxygen atoms in total. The van der Waals surface area contributed by atoms with Crippen molar-refractivity contribution in [3.63, 3.8) is 0 Å². The Hall–Kier alpha value is -0.0800. The molecule has 0 radical (unpaired) electrons. The van der Waals surface area contributed by atoms with Crippen molar-refractivity contribution in [1.29, 1.82) is 0 Å². The number of aliphatic hydroxyl groups is 1. The standard InChI is InChI=1S/C14H29NO/c1-10(2)13(16)8-9-15-14-11(3)6-5-7-12(14)4/h10-16H,5-9H2,1-4H3. The molecule has 0 aromatic heterocycles. The van der Waals surface area contributed by atoms with Crippen LogP contribution in [0, 0.1) is 17.8 Å². The van der Waals surface area contributed by atoms with Crippen LogP contribution in [-0.2, 0) is 0 Å². The highest BCUT2D eigenvalue weighted by atomic mass is 16.3. The van der Waals surface area contributed by atoms with Gasteiger partial charge >= 0.3 is 0 Å². The fourth-order valence-electron chi connectivity index (χ4n) is 2.82. The van der Waals surface area contributed by atoms with Crippen molar-refractivity contribution in [3.05, 3.63) is 0 Å². The fourth-order valence-corrected chi connectivity index (χ4v) is 2.82. The van der Waals surface area contributed by atoms with Gasteiger partial charge in [-0.05, 0) is 43.6 Å². The molecule has 2 heteroatoms. The molecule has 1 rings (SSSR count). The van der Waals surface area contributed by atoms with E-state index in [1.165, 1.54) is 19.3 Å². The Bertz CT molecular complexity index is 183. The van der Waals surface area contributed by atoms with E-state index in [4.69, 9.17) is 0 Å². The predicted molar refractivity (Wildman–Crippen MR) is 69.4 cm³/mol. The van der Waals surface area contributed by atoms with Gasteiger partial charge in [-0.25, -0.2) is 0 Å². The number of rotatable bonds is 5. The summed E-state index contributed by atoms with van der Waals surface area (Å²) < 4.78 is 0. The van der Waals surface area contributed by atoms with Gasteiger partial charge in [0.15, 0.2) is 0 Å². The summed E-state index contributed by atoms with van der Waals surface area (Å²) in [6.45, 7) is 9.82. The Morgan fingerprint density at radius 1 is 1.19 bits per heavy atom. The molecule has 96 valence electrons. The second-order valence-electron chi connectivity index (χ2n) is 5.97. The molecule has 0 aromatic carbocycles. The second-order valence-corrected chi connectivity index (χ2v) is 5.97. The maximum absolute atomic E-state index is 9.75. The maximum atomic E-state index is 9.75. The van der Waals surface area contributed by atoms with Gasteiger partial charge in [0.25, 0.3) is 0 Å². The number of aliphatic hydroxyl groups excluding tert-OH is 1. The summed E-state index contributed by atoms with van der Waals surface area (Å²) in [5.41, 5.74) is 0. The predicted octanol–water partition coefficient (Wildman–Crippen LogP) is 2.81. The monoisotopic (exact) mass is 227 g/mol. The summed E-state index contributed by atoms with van der Waals surface area (Å²) in [5, 5.41) is 13.4. The molecule has 3 atom stereocenters. The minimum absolute atomic E-state index is 0.151. The summed E-state index contributed by atoms with van der Waals surface area (Å²) in [6.07, 6.45) is 4.83. The Kier molecular flexibility index (Phi) is 5.77. The minimum Gasteiger partial charge on any atom is -0.393 e. The summed E-state index contributed by atoms with van der Waals surface area (Å²) in [5.74, 6) is 1.96. The van der Waals surface area contributed by atoms with Gasteiger partial charge < -0.3 is 10.4 Å². The van der Waals surface area contributed by atoms with Crippen molar-refractivity contribution in [2.75, 3.05) is 6.54 Å². The van der Waals surface area contributed by atoms with Gasteiger partial charge in [0, 0.05) is 6.04 Å². The van der Waals surface area contributed by atoms with Crippen molar-refractivity contribution in [2.24, 2.45) is 17.8 Å². The van der Waals surface area contributed by atoms with Gasteiger partial charge in [0.1, 0.15) is 0 Å². The van der Waals surface area contributed by atoms with Crippen LogP contribution >= 0.6 is 0 Å². The molecular formula is C14H29NO. The molecule has 1 fully saturated rings. The third-order valence-electron chi connectivity index (χ3n) is 4.13. The Balaban J connectivity index is 2.25. The summed E-state index contributed by atoms with van der Waals surface area (Å²) in [7, 11) is 0. The van der Waals surface area contributed by atoms with E-state index in [0.29, 0.717) is 12.0 Å². The van der Waals surface area contributed by atoms with E-state index < -0.39 is 0 Å². The van der Waals surface area contributed by atoms with E-state index in [9.17, 15) is 5.11 Å². The van der Waals surface area contributed by atoms with Crippen molar-refractivity contribution >= 4 is 0 Å². The van der Waals surface area contributed by atoms with Crippen LogP contribution in [0.4, 0.5) is 0 Å². The van der Waals surface area contributed by atoms with E-state index in [1.54, 1.807) is 0 Å². The quantitative estimate of drug-likeness (QED) is 0.757. The lowest BCUT2D eigenvalue weighted by Crippen LogP contribution is -2.43. The highest BCUT2D eigenvalue weighted by Gasteiger charge is 2.27. The molecule has 0 bridgehead atoms. The second kappa shape index (κ2) is 6.61. The van der Waals surface area contributed by atoms with Crippen LogP contribution in [0.5, 0.6) is 0 Å².